The molecule has 0 bridgehead atoms. The highest BCUT2D eigenvalue weighted by atomic mass is 35.5. The first-order valence-electron chi connectivity index (χ1n) is 9.66. The van der Waals surface area contributed by atoms with Crippen LogP contribution in [-0.4, -0.2) is 21.8 Å². The van der Waals surface area contributed by atoms with Crippen LogP contribution >= 0.6 is 22.9 Å². The minimum atomic E-state index is 0.0437. The average molecular weight is 429 g/mol. The lowest BCUT2D eigenvalue weighted by Crippen LogP contribution is -2.38. The Morgan fingerprint density at radius 3 is 2.76 bits per heavy atom. The molecule has 4 nitrogen and oxygen atoms in total. The van der Waals surface area contributed by atoms with Gasteiger partial charge in [0.2, 0.25) is 0 Å². The predicted molar refractivity (Wildman–Crippen MR) is 119 cm³/mol. The summed E-state index contributed by atoms with van der Waals surface area (Å²) >= 11 is 7.53. The van der Waals surface area contributed by atoms with Crippen LogP contribution in [0, 0.1) is 6.92 Å². The van der Waals surface area contributed by atoms with Crippen LogP contribution in [0.15, 0.2) is 53.9 Å². The Bertz CT molecular complexity index is 973. The number of carbonyl (C=O) groups excluding carboxylic acids is 1. The lowest BCUT2D eigenvalue weighted by Gasteiger charge is -2.28. The lowest BCUT2D eigenvalue weighted by molar-refractivity contribution is 0.0668. The first-order valence-corrected chi connectivity index (χ1v) is 10.9. The molecule has 0 N–H and O–H groups in total. The van der Waals surface area contributed by atoms with Crippen LogP contribution in [0.5, 0.6) is 5.75 Å². The van der Waals surface area contributed by atoms with Crippen molar-refractivity contribution in [2.24, 2.45) is 0 Å². The van der Waals surface area contributed by atoms with Gasteiger partial charge in [-0.25, -0.2) is 4.98 Å². The molecule has 1 aromatic heterocycles. The van der Waals surface area contributed by atoms with Gasteiger partial charge in [0.1, 0.15) is 17.4 Å². The van der Waals surface area contributed by atoms with E-state index >= 15 is 0 Å². The molecule has 29 heavy (non-hydrogen) atoms. The van der Waals surface area contributed by atoms with Gasteiger partial charge in [-0.05, 0) is 50.1 Å². The molecule has 2 aromatic carbocycles. The Hall–Kier alpha value is -2.37. The number of ether oxygens (including phenoxy) is 1. The van der Waals surface area contributed by atoms with E-state index in [-0.39, 0.29) is 11.9 Å². The third-order valence-corrected chi connectivity index (χ3v) is 5.96. The van der Waals surface area contributed by atoms with Gasteiger partial charge >= 0.3 is 0 Å². The maximum absolute atomic E-state index is 13.2. The number of hydrogen-bond donors (Lipinski definition) is 0. The smallest absolute Gasteiger partial charge is 0.254 e. The van der Waals surface area contributed by atoms with Crippen LogP contribution in [0.2, 0.25) is 5.02 Å². The molecule has 0 aliphatic heterocycles. The van der Waals surface area contributed by atoms with Crippen molar-refractivity contribution in [3.05, 3.63) is 80.8 Å². The van der Waals surface area contributed by atoms with Crippen molar-refractivity contribution in [2.75, 3.05) is 0 Å². The van der Waals surface area contributed by atoms with E-state index in [1.807, 2.05) is 59.7 Å². The summed E-state index contributed by atoms with van der Waals surface area (Å²) in [4.78, 5) is 19.8. The molecule has 6 heteroatoms. The van der Waals surface area contributed by atoms with Crippen LogP contribution in [-0.2, 0) is 13.2 Å². The molecule has 152 valence electrons. The zero-order valence-electron chi connectivity index (χ0n) is 16.9. The topological polar surface area (TPSA) is 42.4 Å². The van der Waals surface area contributed by atoms with E-state index in [0.717, 1.165) is 28.2 Å². The maximum Gasteiger partial charge on any atom is 0.254 e. The van der Waals surface area contributed by atoms with Crippen LogP contribution in [0.3, 0.4) is 0 Å². The van der Waals surface area contributed by atoms with E-state index in [0.29, 0.717) is 23.9 Å². The molecule has 0 aliphatic rings. The fourth-order valence-corrected chi connectivity index (χ4v) is 3.86. The number of rotatable bonds is 8. The van der Waals surface area contributed by atoms with Crippen molar-refractivity contribution in [2.45, 2.75) is 46.4 Å². The summed E-state index contributed by atoms with van der Waals surface area (Å²) in [6.45, 7) is 6.99. The SMILES string of the molecule is CC[C@H](C)N(Cc1csc(COc2cccc(Cl)c2)n1)C(=O)c1ccccc1C. The van der Waals surface area contributed by atoms with E-state index in [2.05, 4.69) is 18.8 Å². The number of aromatic nitrogens is 1. The summed E-state index contributed by atoms with van der Waals surface area (Å²) in [7, 11) is 0. The minimum absolute atomic E-state index is 0.0437. The van der Waals surface area contributed by atoms with Gasteiger partial charge in [0.25, 0.3) is 5.91 Å². The van der Waals surface area contributed by atoms with Crippen molar-refractivity contribution >= 4 is 28.8 Å². The highest BCUT2D eigenvalue weighted by Crippen LogP contribution is 2.21. The van der Waals surface area contributed by atoms with Crippen LogP contribution in [0.25, 0.3) is 0 Å². The van der Waals surface area contributed by atoms with Crippen molar-refractivity contribution < 1.29 is 9.53 Å². The van der Waals surface area contributed by atoms with Crippen LogP contribution < -0.4 is 4.74 Å². The summed E-state index contributed by atoms with van der Waals surface area (Å²) in [5, 5.41) is 3.51. The Morgan fingerprint density at radius 1 is 1.24 bits per heavy atom. The molecule has 3 aromatic rings. The standard InChI is InChI=1S/C23H25ClN2O2S/c1-4-17(3)26(23(27)21-11-6-5-8-16(21)2)13-19-15-29-22(25-19)14-28-20-10-7-9-18(24)12-20/h5-12,15,17H,4,13-14H2,1-3H3/t17-/m0/s1. The third-order valence-electron chi connectivity index (χ3n) is 4.85. The predicted octanol–water partition coefficient (Wildman–Crippen LogP) is 6.12. The molecule has 1 amide bonds. The summed E-state index contributed by atoms with van der Waals surface area (Å²) in [5.74, 6) is 0.757. The first kappa shape index (κ1) is 21.3. The number of hydrogen-bond acceptors (Lipinski definition) is 4. The highest BCUT2D eigenvalue weighted by molar-refractivity contribution is 7.09. The zero-order chi connectivity index (χ0) is 20.8. The molecule has 0 saturated carbocycles. The minimum Gasteiger partial charge on any atom is -0.486 e. The van der Waals surface area contributed by atoms with Gasteiger partial charge in [-0.3, -0.25) is 4.79 Å². The Labute approximate surface area is 181 Å². The van der Waals surface area contributed by atoms with E-state index in [4.69, 9.17) is 16.3 Å². The molecule has 1 atom stereocenters. The Balaban J connectivity index is 1.70. The summed E-state index contributed by atoms with van der Waals surface area (Å²) in [5.41, 5.74) is 2.61. The number of thiazole rings is 1. The van der Waals surface area contributed by atoms with Gasteiger partial charge < -0.3 is 9.64 Å². The first-order chi connectivity index (χ1) is 14.0. The van der Waals surface area contributed by atoms with Gasteiger partial charge in [-0.15, -0.1) is 11.3 Å². The molecule has 0 aliphatic carbocycles. The van der Waals surface area contributed by atoms with Crippen molar-refractivity contribution in [3.63, 3.8) is 0 Å². The van der Waals surface area contributed by atoms with Gasteiger partial charge in [0.05, 0.1) is 12.2 Å². The average Bonchev–Trinajstić information content (AvgIpc) is 3.17. The van der Waals surface area contributed by atoms with Crippen LogP contribution in [0.1, 0.15) is 46.9 Å². The monoisotopic (exact) mass is 428 g/mol. The van der Waals surface area contributed by atoms with Crippen LogP contribution in [0.4, 0.5) is 0 Å². The molecular weight excluding hydrogens is 404 g/mol. The number of benzene rings is 2. The fraction of sp³-hybridized carbons (Fsp3) is 0.304. The van der Waals surface area contributed by atoms with Crippen molar-refractivity contribution in [3.8, 4) is 5.75 Å². The molecule has 0 unspecified atom stereocenters. The van der Waals surface area contributed by atoms with E-state index in [1.54, 1.807) is 6.07 Å². The number of amides is 1. The fourth-order valence-electron chi connectivity index (χ4n) is 2.98. The number of halogens is 1. The molecule has 0 spiro atoms. The lowest BCUT2D eigenvalue weighted by atomic mass is 10.1. The molecule has 0 fully saturated rings. The van der Waals surface area contributed by atoms with Gasteiger partial charge in [0, 0.05) is 22.0 Å². The van der Waals surface area contributed by atoms with E-state index < -0.39 is 0 Å². The molecule has 0 saturated heterocycles. The third kappa shape index (κ3) is 5.58. The van der Waals surface area contributed by atoms with E-state index in [1.165, 1.54) is 11.3 Å². The van der Waals surface area contributed by atoms with E-state index in [9.17, 15) is 4.79 Å². The highest BCUT2D eigenvalue weighted by Gasteiger charge is 2.23. The maximum atomic E-state index is 13.2. The Kier molecular flexibility index (Phi) is 7.29. The second-order valence-corrected chi connectivity index (χ2v) is 8.36. The Morgan fingerprint density at radius 2 is 2.03 bits per heavy atom. The van der Waals surface area contributed by atoms with Gasteiger partial charge in [0.15, 0.2) is 0 Å². The van der Waals surface area contributed by atoms with Gasteiger partial charge in [-0.1, -0.05) is 42.8 Å². The van der Waals surface area contributed by atoms with Crippen molar-refractivity contribution in [1.82, 2.24) is 9.88 Å². The number of carbonyl (C=O) groups is 1. The molecular formula is C23H25ClN2O2S. The molecule has 1 heterocycles. The largest absolute Gasteiger partial charge is 0.486 e. The number of aryl methyl sites for hydroxylation is 1. The summed E-state index contributed by atoms with van der Waals surface area (Å²) in [6.07, 6.45) is 0.881. The summed E-state index contributed by atoms with van der Waals surface area (Å²) < 4.78 is 5.78. The second kappa shape index (κ2) is 9.90. The second-order valence-electron chi connectivity index (χ2n) is 6.98. The zero-order valence-corrected chi connectivity index (χ0v) is 18.5. The quantitative estimate of drug-likeness (QED) is 0.433. The molecule has 0 radical (unpaired) electrons. The number of nitrogens with zero attached hydrogens (tertiary/aromatic N) is 2. The molecule has 3 rings (SSSR count). The normalized spacial score (nSPS) is 11.9. The van der Waals surface area contributed by atoms with Crippen molar-refractivity contribution in [1.29, 1.82) is 0 Å². The van der Waals surface area contributed by atoms with Gasteiger partial charge in [-0.2, -0.15) is 0 Å². The summed E-state index contributed by atoms with van der Waals surface area (Å²) in [6, 6.07) is 15.1.